The number of carbonyl (C=O) groups excluding carboxylic acids is 2. The fourth-order valence-electron chi connectivity index (χ4n) is 2.19. The first-order chi connectivity index (χ1) is 8.50. The minimum absolute atomic E-state index is 0.235. The van der Waals surface area contributed by atoms with Crippen molar-refractivity contribution in [3.8, 4) is 0 Å². The number of amides is 2. The summed E-state index contributed by atoms with van der Waals surface area (Å²) in [4.78, 5) is 25.1. The Morgan fingerprint density at radius 3 is 2.72 bits per heavy atom. The number of nitrogens with two attached hydrogens (primary N) is 2. The molecule has 1 aromatic carbocycles. The first-order valence-electron chi connectivity index (χ1n) is 5.66. The minimum Gasteiger partial charge on any atom is -0.398 e. The van der Waals surface area contributed by atoms with Crippen LogP contribution in [0.5, 0.6) is 0 Å². The lowest BCUT2D eigenvalue weighted by atomic mass is 10.1. The van der Waals surface area contributed by atoms with Crippen LogP contribution in [0.1, 0.15) is 23.2 Å². The zero-order valence-electron chi connectivity index (χ0n) is 9.73. The number of nitrogen functional groups attached to an aromatic ring is 1. The molecule has 0 radical (unpaired) electrons. The molecule has 1 aliphatic rings. The van der Waals surface area contributed by atoms with Gasteiger partial charge < -0.3 is 16.4 Å². The number of nitrogens with zero attached hydrogens (tertiary/aromatic N) is 1. The van der Waals surface area contributed by atoms with E-state index < -0.39 is 11.9 Å². The highest BCUT2D eigenvalue weighted by Gasteiger charge is 2.33. The molecule has 0 aliphatic carbocycles. The second-order valence-electron chi connectivity index (χ2n) is 4.29. The Morgan fingerprint density at radius 1 is 1.39 bits per heavy atom. The molecule has 1 aromatic rings. The summed E-state index contributed by atoms with van der Waals surface area (Å²) in [5.74, 6) is -0.696. The molecule has 1 atom stereocenters. The van der Waals surface area contributed by atoms with Crippen molar-refractivity contribution in [3.63, 3.8) is 0 Å². The highest BCUT2D eigenvalue weighted by atomic mass is 79.9. The van der Waals surface area contributed by atoms with Gasteiger partial charge in [-0.05, 0) is 31.0 Å². The van der Waals surface area contributed by atoms with Gasteiger partial charge in [-0.2, -0.15) is 0 Å². The first kappa shape index (κ1) is 12.9. The third-order valence-corrected chi connectivity index (χ3v) is 3.58. The molecule has 1 saturated heterocycles. The normalized spacial score (nSPS) is 18.9. The summed E-state index contributed by atoms with van der Waals surface area (Å²) in [7, 11) is 0. The van der Waals surface area contributed by atoms with E-state index in [1.807, 2.05) is 0 Å². The molecule has 0 saturated carbocycles. The summed E-state index contributed by atoms with van der Waals surface area (Å²) < 4.78 is 0.810. The monoisotopic (exact) mass is 311 g/mol. The van der Waals surface area contributed by atoms with E-state index >= 15 is 0 Å². The van der Waals surface area contributed by atoms with Crippen molar-refractivity contribution in [2.75, 3.05) is 12.3 Å². The van der Waals surface area contributed by atoms with Gasteiger partial charge in [0, 0.05) is 16.7 Å². The van der Waals surface area contributed by atoms with Crippen LogP contribution in [-0.4, -0.2) is 29.3 Å². The van der Waals surface area contributed by atoms with Crippen molar-refractivity contribution in [1.82, 2.24) is 4.90 Å². The van der Waals surface area contributed by atoms with Crippen LogP contribution >= 0.6 is 15.9 Å². The zero-order valence-corrected chi connectivity index (χ0v) is 11.3. The maximum absolute atomic E-state index is 12.3. The van der Waals surface area contributed by atoms with E-state index in [1.54, 1.807) is 18.2 Å². The average molecular weight is 312 g/mol. The molecule has 18 heavy (non-hydrogen) atoms. The molecule has 1 unspecified atom stereocenters. The van der Waals surface area contributed by atoms with Gasteiger partial charge in [0.25, 0.3) is 5.91 Å². The Labute approximate surface area is 113 Å². The number of likely N-dealkylation sites (tertiary alicyclic amines) is 1. The van der Waals surface area contributed by atoms with Gasteiger partial charge in [0.05, 0.1) is 5.56 Å². The standard InChI is InChI=1S/C12H14BrN3O2/c13-7-3-4-8(9(14)6-7)12(18)16-5-1-2-10(16)11(15)17/h3-4,6,10H,1-2,5,14H2,(H2,15,17). The van der Waals surface area contributed by atoms with Gasteiger partial charge >= 0.3 is 0 Å². The molecule has 5 nitrogen and oxygen atoms in total. The molecule has 0 bridgehead atoms. The SMILES string of the molecule is NC(=O)C1CCCN1C(=O)c1ccc(Br)cc1N. The summed E-state index contributed by atoms with van der Waals surface area (Å²) in [6, 6.07) is 4.56. The lowest BCUT2D eigenvalue weighted by Crippen LogP contribution is -2.43. The van der Waals surface area contributed by atoms with Crippen LogP contribution in [0.4, 0.5) is 5.69 Å². The number of rotatable bonds is 2. The Hall–Kier alpha value is -1.56. The average Bonchev–Trinajstić information content (AvgIpc) is 2.77. The molecular formula is C12H14BrN3O2. The molecule has 96 valence electrons. The minimum atomic E-state index is -0.513. The van der Waals surface area contributed by atoms with Crippen molar-refractivity contribution in [1.29, 1.82) is 0 Å². The summed E-state index contributed by atoms with van der Waals surface area (Å²) in [5, 5.41) is 0. The second kappa shape index (κ2) is 4.97. The van der Waals surface area contributed by atoms with Crippen LogP contribution in [0.2, 0.25) is 0 Å². The number of primary amides is 1. The fraction of sp³-hybridized carbons (Fsp3) is 0.333. The van der Waals surface area contributed by atoms with Gasteiger partial charge in [0.1, 0.15) is 6.04 Å². The van der Waals surface area contributed by atoms with E-state index in [1.165, 1.54) is 4.90 Å². The molecular weight excluding hydrogens is 298 g/mol. The quantitative estimate of drug-likeness (QED) is 0.802. The zero-order chi connectivity index (χ0) is 13.3. The Bertz CT molecular complexity index is 504. The van der Waals surface area contributed by atoms with Crippen molar-refractivity contribution in [2.45, 2.75) is 18.9 Å². The van der Waals surface area contributed by atoms with E-state index in [0.29, 0.717) is 24.2 Å². The summed E-state index contributed by atoms with van der Waals surface area (Å²) >= 11 is 3.28. The fourth-order valence-corrected chi connectivity index (χ4v) is 2.57. The van der Waals surface area contributed by atoms with Crippen molar-refractivity contribution in [2.24, 2.45) is 5.73 Å². The van der Waals surface area contributed by atoms with Crippen molar-refractivity contribution < 1.29 is 9.59 Å². The van der Waals surface area contributed by atoms with Gasteiger partial charge in [-0.1, -0.05) is 15.9 Å². The van der Waals surface area contributed by atoms with E-state index in [0.717, 1.165) is 10.9 Å². The van der Waals surface area contributed by atoms with Gasteiger partial charge in [-0.25, -0.2) is 0 Å². The molecule has 4 N–H and O–H groups in total. The summed E-state index contributed by atoms with van der Waals surface area (Å²) in [6.45, 7) is 0.544. The summed E-state index contributed by atoms with van der Waals surface area (Å²) in [6.07, 6.45) is 1.41. The van der Waals surface area contributed by atoms with Gasteiger partial charge in [0.2, 0.25) is 5.91 Å². The van der Waals surface area contributed by atoms with Crippen LogP contribution in [0.3, 0.4) is 0 Å². The molecule has 2 amide bonds. The van der Waals surface area contributed by atoms with Crippen LogP contribution in [0.15, 0.2) is 22.7 Å². The second-order valence-corrected chi connectivity index (χ2v) is 5.21. The predicted octanol–water partition coefficient (Wildman–Crippen LogP) is 1.12. The van der Waals surface area contributed by atoms with Crippen LogP contribution in [0, 0.1) is 0 Å². The van der Waals surface area contributed by atoms with Gasteiger partial charge in [0.15, 0.2) is 0 Å². The smallest absolute Gasteiger partial charge is 0.256 e. The van der Waals surface area contributed by atoms with Crippen molar-refractivity contribution >= 4 is 33.4 Å². The maximum Gasteiger partial charge on any atom is 0.256 e. The molecule has 2 rings (SSSR count). The molecule has 0 aromatic heterocycles. The number of anilines is 1. The Kier molecular flexibility index (Phi) is 3.56. The lowest BCUT2D eigenvalue weighted by Gasteiger charge is -2.22. The van der Waals surface area contributed by atoms with E-state index in [-0.39, 0.29) is 5.91 Å². The number of carbonyl (C=O) groups is 2. The van der Waals surface area contributed by atoms with Crippen molar-refractivity contribution in [3.05, 3.63) is 28.2 Å². The Morgan fingerprint density at radius 2 is 2.11 bits per heavy atom. The topological polar surface area (TPSA) is 89.4 Å². The molecule has 6 heteroatoms. The van der Waals surface area contributed by atoms with Crippen LogP contribution < -0.4 is 11.5 Å². The van der Waals surface area contributed by atoms with Crippen LogP contribution in [-0.2, 0) is 4.79 Å². The number of halogens is 1. The molecule has 1 aliphatic heterocycles. The van der Waals surface area contributed by atoms with Gasteiger partial charge in [-0.15, -0.1) is 0 Å². The predicted molar refractivity (Wildman–Crippen MR) is 71.8 cm³/mol. The lowest BCUT2D eigenvalue weighted by molar-refractivity contribution is -0.121. The van der Waals surface area contributed by atoms with Gasteiger partial charge in [-0.3, -0.25) is 9.59 Å². The number of hydrogen-bond acceptors (Lipinski definition) is 3. The van der Waals surface area contributed by atoms with E-state index in [4.69, 9.17) is 11.5 Å². The van der Waals surface area contributed by atoms with Crippen LogP contribution in [0.25, 0.3) is 0 Å². The van der Waals surface area contributed by atoms with E-state index in [9.17, 15) is 9.59 Å². The first-order valence-corrected chi connectivity index (χ1v) is 6.45. The highest BCUT2D eigenvalue weighted by molar-refractivity contribution is 9.10. The number of benzene rings is 1. The molecule has 0 spiro atoms. The Balaban J connectivity index is 2.28. The maximum atomic E-state index is 12.3. The highest BCUT2D eigenvalue weighted by Crippen LogP contribution is 2.24. The third kappa shape index (κ3) is 2.33. The molecule has 1 heterocycles. The summed E-state index contributed by atoms with van der Waals surface area (Å²) in [5.41, 5.74) is 11.9. The molecule has 1 fully saturated rings. The number of hydrogen-bond donors (Lipinski definition) is 2. The van der Waals surface area contributed by atoms with E-state index in [2.05, 4.69) is 15.9 Å². The third-order valence-electron chi connectivity index (χ3n) is 3.09. The largest absolute Gasteiger partial charge is 0.398 e.